The highest BCUT2D eigenvalue weighted by atomic mass is 16.2. The molecule has 0 aliphatic carbocycles. The first-order valence-electron chi connectivity index (χ1n) is 7.94. The van der Waals surface area contributed by atoms with Gasteiger partial charge in [0.05, 0.1) is 16.6 Å². The van der Waals surface area contributed by atoms with E-state index in [-0.39, 0.29) is 5.91 Å². The van der Waals surface area contributed by atoms with Crippen LogP contribution in [-0.4, -0.2) is 38.8 Å². The lowest BCUT2D eigenvalue weighted by molar-refractivity contribution is 0.0760. The fourth-order valence-corrected chi connectivity index (χ4v) is 2.74. The van der Waals surface area contributed by atoms with Crippen molar-refractivity contribution in [3.05, 3.63) is 53.1 Å². The highest BCUT2D eigenvalue weighted by molar-refractivity contribution is 5.92. The molecule has 122 valence electrons. The number of aromatic amines is 2. The number of benzene rings is 1. The van der Waals surface area contributed by atoms with Gasteiger partial charge in [0.15, 0.2) is 0 Å². The minimum Gasteiger partial charge on any atom is -0.356 e. The molecular weight excluding hydrogens is 302 g/mol. The van der Waals surface area contributed by atoms with Crippen LogP contribution in [0.1, 0.15) is 34.4 Å². The van der Waals surface area contributed by atoms with Gasteiger partial charge >= 0.3 is 0 Å². The molecule has 2 heterocycles. The second-order valence-electron chi connectivity index (χ2n) is 5.70. The number of hydrogen-bond donors (Lipinski definition) is 2. The van der Waals surface area contributed by atoms with E-state index in [4.69, 9.17) is 5.26 Å². The van der Waals surface area contributed by atoms with E-state index in [9.17, 15) is 4.79 Å². The Bertz CT molecular complexity index is 915. The van der Waals surface area contributed by atoms with E-state index < -0.39 is 0 Å². The Morgan fingerprint density at radius 2 is 2.25 bits per heavy atom. The Morgan fingerprint density at radius 3 is 2.92 bits per heavy atom. The number of hydrogen-bond acceptors (Lipinski definition) is 3. The Balaban J connectivity index is 1.72. The van der Waals surface area contributed by atoms with Crippen LogP contribution in [-0.2, 0) is 6.42 Å². The van der Waals surface area contributed by atoms with E-state index in [0.717, 1.165) is 22.4 Å². The summed E-state index contributed by atoms with van der Waals surface area (Å²) >= 11 is 0. The molecule has 0 radical (unpaired) electrons. The molecule has 0 saturated heterocycles. The third kappa shape index (κ3) is 3.01. The fourth-order valence-electron chi connectivity index (χ4n) is 2.74. The zero-order chi connectivity index (χ0) is 17.1. The average molecular weight is 321 g/mol. The lowest BCUT2D eigenvalue weighted by Crippen LogP contribution is -2.33. The topological polar surface area (TPSA) is 88.6 Å². The van der Waals surface area contributed by atoms with Crippen LogP contribution < -0.4 is 0 Å². The molecule has 6 heteroatoms. The minimum absolute atomic E-state index is 0.105. The van der Waals surface area contributed by atoms with Crippen LogP contribution in [0, 0.1) is 18.3 Å². The van der Waals surface area contributed by atoms with Gasteiger partial charge in [0.1, 0.15) is 17.6 Å². The Kier molecular flexibility index (Phi) is 4.34. The fraction of sp³-hybridized carbons (Fsp3) is 0.278. The van der Waals surface area contributed by atoms with E-state index in [1.165, 1.54) is 0 Å². The normalized spacial score (nSPS) is 10.7. The number of aromatic nitrogens is 3. The Labute approximate surface area is 140 Å². The van der Waals surface area contributed by atoms with Crippen molar-refractivity contribution in [3.63, 3.8) is 0 Å². The van der Waals surface area contributed by atoms with Crippen molar-refractivity contribution >= 4 is 16.9 Å². The van der Waals surface area contributed by atoms with Gasteiger partial charge < -0.3 is 14.9 Å². The number of H-pyrrole nitrogens is 2. The molecule has 3 aromatic rings. The van der Waals surface area contributed by atoms with Gasteiger partial charge in [-0.2, -0.15) is 5.26 Å². The van der Waals surface area contributed by atoms with E-state index in [0.29, 0.717) is 30.8 Å². The summed E-state index contributed by atoms with van der Waals surface area (Å²) < 4.78 is 0. The van der Waals surface area contributed by atoms with Crippen LogP contribution in [0.25, 0.3) is 11.0 Å². The summed E-state index contributed by atoms with van der Waals surface area (Å²) in [5.74, 6) is 0.765. The van der Waals surface area contributed by atoms with Crippen LogP contribution >= 0.6 is 0 Å². The smallest absolute Gasteiger partial charge is 0.270 e. The van der Waals surface area contributed by atoms with Gasteiger partial charge in [0.25, 0.3) is 5.91 Å². The molecule has 0 unspecified atom stereocenters. The lowest BCUT2D eigenvalue weighted by atomic mass is 10.2. The summed E-state index contributed by atoms with van der Waals surface area (Å²) in [5, 5.41) is 8.86. The molecule has 6 nitrogen and oxygen atoms in total. The number of nitrogens with zero attached hydrogens (tertiary/aromatic N) is 3. The number of rotatable bonds is 5. The van der Waals surface area contributed by atoms with Gasteiger partial charge in [0.2, 0.25) is 0 Å². The summed E-state index contributed by atoms with van der Waals surface area (Å²) in [4.78, 5) is 25.0. The van der Waals surface area contributed by atoms with E-state index in [1.807, 2.05) is 38.1 Å². The number of carbonyl (C=O) groups is 1. The molecule has 0 saturated carbocycles. The molecule has 3 rings (SSSR count). The van der Waals surface area contributed by atoms with E-state index >= 15 is 0 Å². The lowest BCUT2D eigenvalue weighted by Gasteiger charge is -2.19. The molecular formula is C18H19N5O. The van der Waals surface area contributed by atoms with Crippen LogP contribution in [0.15, 0.2) is 30.5 Å². The molecule has 1 aromatic carbocycles. The summed E-state index contributed by atoms with van der Waals surface area (Å²) in [5.41, 5.74) is 4.03. The first-order valence-corrected chi connectivity index (χ1v) is 7.94. The van der Waals surface area contributed by atoms with Crippen LogP contribution in [0.3, 0.4) is 0 Å². The number of amides is 1. The quantitative estimate of drug-likeness (QED) is 0.757. The maximum absolute atomic E-state index is 12.5. The second kappa shape index (κ2) is 6.59. The number of imidazole rings is 1. The highest BCUT2D eigenvalue weighted by Gasteiger charge is 2.16. The minimum atomic E-state index is -0.105. The third-order valence-corrected chi connectivity index (χ3v) is 4.09. The predicted molar refractivity (Wildman–Crippen MR) is 91.6 cm³/mol. The second-order valence-corrected chi connectivity index (χ2v) is 5.70. The summed E-state index contributed by atoms with van der Waals surface area (Å²) in [6.45, 7) is 5.13. The summed E-state index contributed by atoms with van der Waals surface area (Å²) in [7, 11) is 0. The number of carbonyl (C=O) groups excluding carboxylic acids is 1. The summed E-state index contributed by atoms with van der Waals surface area (Å²) in [6, 6.07) is 9.64. The van der Waals surface area contributed by atoms with Crippen molar-refractivity contribution in [2.45, 2.75) is 20.3 Å². The summed E-state index contributed by atoms with van der Waals surface area (Å²) in [6.07, 6.45) is 2.20. The average Bonchev–Trinajstić information content (AvgIpc) is 3.22. The molecule has 1 amide bonds. The zero-order valence-electron chi connectivity index (χ0n) is 13.8. The van der Waals surface area contributed by atoms with Gasteiger partial charge in [-0.25, -0.2) is 4.98 Å². The first-order chi connectivity index (χ1) is 11.6. The maximum Gasteiger partial charge on any atom is 0.270 e. The molecule has 0 spiro atoms. The van der Waals surface area contributed by atoms with Gasteiger partial charge in [-0.3, -0.25) is 4.79 Å². The first kappa shape index (κ1) is 15.8. The van der Waals surface area contributed by atoms with Crippen molar-refractivity contribution in [3.8, 4) is 6.07 Å². The molecule has 0 aliphatic rings. The predicted octanol–water partition coefficient (Wildman–Crippen LogP) is 2.78. The molecule has 2 N–H and O–H groups in total. The Morgan fingerprint density at radius 1 is 1.42 bits per heavy atom. The third-order valence-electron chi connectivity index (χ3n) is 4.09. The number of fused-ring (bicyclic) bond motifs is 1. The number of aryl methyl sites for hydroxylation is 1. The van der Waals surface area contributed by atoms with Crippen molar-refractivity contribution in [1.29, 1.82) is 5.26 Å². The van der Waals surface area contributed by atoms with Gasteiger partial charge in [-0.15, -0.1) is 0 Å². The van der Waals surface area contributed by atoms with Crippen molar-refractivity contribution in [2.24, 2.45) is 0 Å². The van der Waals surface area contributed by atoms with Crippen molar-refractivity contribution in [1.82, 2.24) is 19.9 Å². The maximum atomic E-state index is 12.5. The number of nitriles is 1. The van der Waals surface area contributed by atoms with Crippen molar-refractivity contribution < 1.29 is 4.79 Å². The van der Waals surface area contributed by atoms with E-state index in [1.54, 1.807) is 17.2 Å². The number of nitrogens with one attached hydrogen (secondary N) is 2. The number of para-hydroxylation sites is 1. The molecule has 24 heavy (non-hydrogen) atoms. The van der Waals surface area contributed by atoms with Gasteiger partial charge in [0, 0.05) is 25.7 Å². The monoisotopic (exact) mass is 321 g/mol. The molecule has 0 fully saturated rings. The van der Waals surface area contributed by atoms with Gasteiger partial charge in [-0.1, -0.05) is 12.1 Å². The Hall–Kier alpha value is -3.07. The standard InChI is InChI=1S/C18H19N5O/c1-3-23(18(24)15-9-13(10-19)11-20-15)8-7-16-21-14-6-4-5-12(2)17(14)22-16/h4-6,9,11,20H,3,7-8H2,1-2H3,(H,21,22). The largest absolute Gasteiger partial charge is 0.356 e. The molecule has 0 atom stereocenters. The van der Waals surface area contributed by atoms with Crippen LogP contribution in [0.2, 0.25) is 0 Å². The van der Waals surface area contributed by atoms with Crippen LogP contribution in [0.4, 0.5) is 0 Å². The molecule has 0 aliphatic heterocycles. The molecule has 2 aromatic heterocycles. The number of likely N-dealkylation sites (N-methyl/N-ethyl adjacent to an activating group) is 1. The van der Waals surface area contributed by atoms with Crippen molar-refractivity contribution in [2.75, 3.05) is 13.1 Å². The van der Waals surface area contributed by atoms with Gasteiger partial charge in [-0.05, 0) is 31.5 Å². The van der Waals surface area contributed by atoms with E-state index in [2.05, 4.69) is 15.0 Å². The van der Waals surface area contributed by atoms with Crippen LogP contribution in [0.5, 0.6) is 0 Å². The SMILES string of the molecule is CCN(CCc1nc2c(C)cccc2[nH]1)C(=O)c1cc(C#N)c[nH]1. The highest BCUT2D eigenvalue weighted by Crippen LogP contribution is 2.16. The molecule has 0 bridgehead atoms. The zero-order valence-corrected chi connectivity index (χ0v) is 13.8.